The van der Waals surface area contributed by atoms with Crippen LogP contribution in [0.1, 0.15) is 20.8 Å². The van der Waals surface area contributed by atoms with Crippen LogP contribution < -0.4 is 0 Å². The normalized spacial score (nSPS) is 18.4. The van der Waals surface area contributed by atoms with Crippen LogP contribution in [0.15, 0.2) is 0 Å². The maximum Gasteiger partial charge on any atom is 0.410 e. The van der Waals surface area contributed by atoms with Crippen molar-refractivity contribution in [2.75, 3.05) is 38.8 Å². The van der Waals surface area contributed by atoms with E-state index in [4.69, 9.17) is 13.1 Å². The van der Waals surface area contributed by atoms with Crippen molar-refractivity contribution >= 4 is 26.3 Å². The van der Waals surface area contributed by atoms with Gasteiger partial charge in [0.15, 0.2) is 0 Å². The van der Waals surface area contributed by atoms with Gasteiger partial charge in [-0.3, -0.25) is 8.37 Å². The van der Waals surface area contributed by atoms with Crippen molar-refractivity contribution in [1.82, 2.24) is 4.90 Å². The molecule has 11 heteroatoms. The van der Waals surface area contributed by atoms with Gasteiger partial charge in [-0.15, -0.1) is 0 Å². The lowest BCUT2D eigenvalue weighted by molar-refractivity contribution is -0.0673. The number of nitrogens with zero attached hydrogens (tertiary/aromatic N) is 1. The van der Waals surface area contributed by atoms with Crippen molar-refractivity contribution in [3.05, 3.63) is 0 Å². The molecule has 0 N–H and O–H groups in total. The predicted molar refractivity (Wildman–Crippen MR) is 81.8 cm³/mol. The number of carbonyl (C=O) groups is 1. The van der Waals surface area contributed by atoms with Crippen LogP contribution in [0.5, 0.6) is 0 Å². The average molecular weight is 373 g/mol. The fourth-order valence-electron chi connectivity index (χ4n) is 1.91. The molecule has 1 rings (SSSR count). The van der Waals surface area contributed by atoms with E-state index in [-0.39, 0.29) is 26.3 Å². The van der Waals surface area contributed by atoms with E-state index in [2.05, 4.69) is 0 Å². The van der Waals surface area contributed by atoms with Crippen LogP contribution in [0.3, 0.4) is 0 Å². The molecule has 136 valence electrons. The second-order valence-corrected chi connectivity index (χ2v) is 10.1. The molecule has 0 bridgehead atoms. The van der Waals surface area contributed by atoms with Crippen LogP contribution in [0.4, 0.5) is 4.79 Å². The lowest BCUT2D eigenvalue weighted by Crippen LogP contribution is -2.63. The van der Waals surface area contributed by atoms with Crippen LogP contribution in [0, 0.1) is 5.41 Å². The Hall–Kier alpha value is -0.910. The molecular formula is C12H23NO8S2. The summed E-state index contributed by atoms with van der Waals surface area (Å²) in [7, 11) is -7.39. The molecule has 0 atom stereocenters. The second kappa shape index (κ2) is 6.54. The van der Waals surface area contributed by atoms with Gasteiger partial charge in [0, 0.05) is 13.1 Å². The van der Waals surface area contributed by atoms with Gasteiger partial charge in [0.1, 0.15) is 5.60 Å². The zero-order valence-corrected chi connectivity index (χ0v) is 15.5. The van der Waals surface area contributed by atoms with Gasteiger partial charge in [-0.05, 0) is 20.8 Å². The van der Waals surface area contributed by atoms with Crippen molar-refractivity contribution in [2.45, 2.75) is 26.4 Å². The third-order valence-electron chi connectivity index (χ3n) is 2.86. The number of carbonyl (C=O) groups excluding carboxylic acids is 1. The second-order valence-electron chi connectivity index (χ2n) is 6.77. The van der Waals surface area contributed by atoms with Gasteiger partial charge in [0.25, 0.3) is 20.2 Å². The molecule has 1 aliphatic rings. The van der Waals surface area contributed by atoms with E-state index in [1.165, 1.54) is 4.90 Å². The minimum atomic E-state index is -3.69. The first-order chi connectivity index (χ1) is 10.1. The zero-order valence-electron chi connectivity index (χ0n) is 13.9. The zero-order chi connectivity index (χ0) is 18.1. The Morgan fingerprint density at radius 3 is 1.70 bits per heavy atom. The molecule has 1 amide bonds. The number of ether oxygens (including phenoxy) is 1. The van der Waals surface area contributed by atoms with Crippen LogP contribution in [0.25, 0.3) is 0 Å². The van der Waals surface area contributed by atoms with E-state index in [1.54, 1.807) is 20.8 Å². The first kappa shape index (κ1) is 20.1. The van der Waals surface area contributed by atoms with E-state index < -0.39 is 37.3 Å². The molecule has 1 saturated heterocycles. The van der Waals surface area contributed by atoms with Crippen LogP contribution in [-0.4, -0.2) is 72.2 Å². The molecular weight excluding hydrogens is 350 g/mol. The molecule has 9 nitrogen and oxygen atoms in total. The smallest absolute Gasteiger partial charge is 0.410 e. The Labute approximate surface area is 137 Å². The summed E-state index contributed by atoms with van der Waals surface area (Å²) in [5.41, 5.74) is -1.58. The molecule has 0 radical (unpaired) electrons. The molecule has 23 heavy (non-hydrogen) atoms. The number of rotatable bonds is 6. The minimum absolute atomic E-state index is 0.0763. The molecule has 0 aliphatic carbocycles. The highest BCUT2D eigenvalue weighted by atomic mass is 32.2. The van der Waals surface area contributed by atoms with Gasteiger partial charge in [-0.2, -0.15) is 16.8 Å². The molecule has 0 unspecified atom stereocenters. The standard InChI is InChI=1S/C12H23NO8S2/c1-11(2,3)21-10(14)13-6-12(7-13,8-19-22(4,15)16)9-20-23(5,17)18/h6-9H2,1-5H3. The average Bonchev–Trinajstić information content (AvgIpc) is 2.21. The van der Waals surface area contributed by atoms with E-state index in [0.717, 1.165) is 12.5 Å². The van der Waals surface area contributed by atoms with Crippen molar-refractivity contribution < 1.29 is 34.7 Å². The van der Waals surface area contributed by atoms with Crippen molar-refractivity contribution in [2.24, 2.45) is 5.41 Å². The Balaban J connectivity index is 2.72. The summed E-state index contributed by atoms with van der Waals surface area (Å²) in [4.78, 5) is 13.3. The molecule has 0 aromatic carbocycles. The molecule has 0 spiro atoms. The van der Waals surface area contributed by atoms with Gasteiger partial charge in [-0.1, -0.05) is 0 Å². The summed E-state index contributed by atoms with van der Waals surface area (Å²) in [5.74, 6) is 0. The lowest BCUT2D eigenvalue weighted by Gasteiger charge is -2.48. The maximum atomic E-state index is 11.9. The molecule has 1 heterocycles. The molecule has 1 aliphatic heterocycles. The molecule has 0 aromatic rings. The van der Waals surface area contributed by atoms with E-state index in [9.17, 15) is 21.6 Å². The predicted octanol–water partition coefficient (Wildman–Crippen LogP) is 0.176. The molecule has 0 aromatic heterocycles. The first-order valence-corrected chi connectivity index (χ1v) is 10.4. The van der Waals surface area contributed by atoms with Crippen molar-refractivity contribution in [3.63, 3.8) is 0 Å². The van der Waals surface area contributed by atoms with Crippen LogP contribution >= 0.6 is 0 Å². The highest BCUT2D eigenvalue weighted by molar-refractivity contribution is 7.86. The highest BCUT2D eigenvalue weighted by Gasteiger charge is 2.48. The fraction of sp³-hybridized carbons (Fsp3) is 0.917. The third-order valence-corrected chi connectivity index (χ3v) is 3.95. The Kier molecular flexibility index (Phi) is 5.72. The van der Waals surface area contributed by atoms with Gasteiger partial charge in [0.2, 0.25) is 0 Å². The Morgan fingerprint density at radius 2 is 1.39 bits per heavy atom. The van der Waals surface area contributed by atoms with E-state index in [1.807, 2.05) is 0 Å². The number of amides is 1. The Morgan fingerprint density at radius 1 is 1.00 bits per heavy atom. The van der Waals surface area contributed by atoms with Gasteiger partial charge < -0.3 is 9.64 Å². The third kappa shape index (κ3) is 7.46. The molecule has 0 saturated carbocycles. The minimum Gasteiger partial charge on any atom is -0.444 e. The van der Waals surface area contributed by atoms with Gasteiger partial charge in [0.05, 0.1) is 31.1 Å². The lowest BCUT2D eigenvalue weighted by atomic mass is 9.82. The van der Waals surface area contributed by atoms with Gasteiger partial charge >= 0.3 is 6.09 Å². The van der Waals surface area contributed by atoms with Crippen LogP contribution in [0.2, 0.25) is 0 Å². The summed E-state index contributed by atoms with van der Waals surface area (Å²) < 4.78 is 59.2. The summed E-state index contributed by atoms with van der Waals surface area (Å²) in [6.45, 7) is 4.76. The van der Waals surface area contributed by atoms with Crippen molar-refractivity contribution in [3.8, 4) is 0 Å². The van der Waals surface area contributed by atoms with E-state index in [0.29, 0.717) is 0 Å². The number of hydrogen-bond acceptors (Lipinski definition) is 8. The summed E-state index contributed by atoms with van der Waals surface area (Å²) in [6, 6.07) is 0. The highest BCUT2D eigenvalue weighted by Crippen LogP contribution is 2.33. The van der Waals surface area contributed by atoms with Crippen LogP contribution in [-0.2, 0) is 33.3 Å². The monoisotopic (exact) mass is 373 g/mol. The SMILES string of the molecule is CC(C)(C)OC(=O)N1CC(COS(C)(=O)=O)(COS(C)(=O)=O)C1. The summed E-state index contributed by atoms with van der Waals surface area (Å²) in [5, 5.41) is 0. The summed E-state index contributed by atoms with van der Waals surface area (Å²) >= 11 is 0. The first-order valence-electron chi connectivity index (χ1n) is 6.78. The fourth-order valence-corrected chi connectivity index (χ4v) is 2.84. The molecule has 1 fully saturated rings. The number of likely N-dealkylation sites (tertiary alicyclic amines) is 1. The maximum absolute atomic E-state index is 11.9. The quantitative estimate of drug-likeness (QED) is 0.605. The number of hydrogen-bond donors (Lipinski definition) is 0. The van der Waals surface area contributed by atoms with Gasteiger partial charge in [-0.25, -0.2) is 4.79 Å². The topological polar surface area (TPSA) is 116 Å². The van der Waals surface area contributed by atoms with Crippen molar-refractivity contribution in [1.29, 1.82) is 0 Å². The Bertz CT molecular complexity index is 603. The van der Waals surface area contributed by atoms with E-state index >= 15 is 0 Å². The largest absolute Gasteiger partial charge is 0.444 e. The summed E-state index contributed by atoms with van der Waals surface area (Å²) in [6.07, 6.45) is 1.22.